The molecular formula is C12H24ClSi-. The third-order valence-corrected chi connectivity index (χ3v) is 8.15. The standard InChI is InChI=1S/C12H24ClSi/c1-11(2)9-14(5,8-6-7-13)10-12(3)4/h14H,1,3,6-10H2,2,4-5H3/q-1. The Bertz CT molecular complexity index is 192. The monoisotopic (exact) mass is 231 g/mol. The van der Waals surface area contributed by atoms with E-state index in [0.717, 1.165) is 12.3 Å². The van der Waals surface area contributed by atoms with E-state index in [0.29, 0.717) is 0 Å². The quantitative estimate of drug-likeness (QED) is 0.342. The summed E-state index contributed by atoms with van der Waals surface area (Å²) in [5.74, 6) is 0.794. The molecule has 0 saturated carbocycles. The minimum atomic E-state index is -1.48. The van der Waals surface area contributed by atoms with Crippen LogP contribution in [0.4, 0.5) is 0 Å². The van der Waals surface area contributed by atoms with Gasteiger partial charge in [-0.05, 0) is 0 Å². The van der Waals surface area contributed by atoms with Crippen LogP contribution >= 0.6 is 11.6 Å². The molecule has 0 aromatic heterocycles. The van der Waals surface area contributed by atoms with Crippen LogP contribution in [0.25, 0.3) is 0 Å². The van der Waals surface area contributed by atoms with Gasteiger partial charge in [-0.15, -0.1) is 0 Å². The van der Waals surface area contributed by atoms with E-state index in [-0.39, 0.29) is 0 Å². The zero-order valence-corrected chi connectivity index (χ0v) is 11.8. The summed E-state index contributed by atoms with van der Waals surface area (Å²) in [7, 11) is -1.48. The van der Waals surface area contributed by atoms with Gasteiger partial charge in [0, 0.05) is 0 Å². The maximum atomic E-state index is 5.76. The second-order valence-corrected chi connectivity index (χ2v) is 11.2. The van der Waals surface area contributed by atoms with Gasteiger partial charge in [-0.2, -0.15) is 0 Å². The van der Waals surface area contributed by atoms with Gasteiger partial charge in [-0.1, -0.05) is 0 Å². The Morgan fingerprint density at radius 2 is 1.57 bits per heavy atom. The van der Waals surface area contributed by atoms with Crippen LogP contribution in [0, 0.1) is 0 Å². The van der Waals surface area contributed by atoms with E-state index < -0.39 is 8.07 Å². The first kappa shape index (κ1) is 14.0. The van der Waals surface area contributed by atoms with Crippen LogP contribution in [0.2, 0.25) is 24.7 Å². The number of halogens is 1. The van der Waals surface area contributed by atoms with Crippen LogP contribution < -0.4 is 0 Å². The van der Waals surface area contributed by atoms with Crippen LogP contribution in [0.5, 0.6) is 0 Å². The van der Waals surface area contributed by atoms with Crippen molar-refractivity contribution in [1.29, 1.82) is 0 Å². The Morgan fingerprint density at radius 1 is 1.14 bits per heavy atom. The van der Waals surface area contributed by atoms with Gasteiger partial charge in [0.1, 0.15) is 0 Å². The van der Waals surface area contributed by atoms with Crippen molar-refractivity contribution in [3.8, 4) is 0 Å². The Morgan fingerprint density at radius 3 is 1.86 bits per heavy atom. The topological polar surface area (TPSA) is 0 Å². The van der Waals surface area contributed by atoms with E-state index in [4.69, 9.17) is 11.6 Å². The van der Waals surface area contributed by atoms with Crippen molar-refractivity contribution in [2.45, 2.75) is 44.9 Å². The van der Waals surface area contributed by atoms with Crippen molar-refractivity contribution in [2.75, 3.05) is 5.88 Å². The third-order valence-electron chi connectivity index (χ3n) is 2.72. The molecule has 0 spiro atoms. The molecule has 0 nitrogen and oxygen atoms in total. The predicted octanol–water partition coefficient (Wildman–Crippen LogP) is 4.58. The van der Waals surface area contributed by atoms with Crippen LogP contribution in [0.15, 0.2) is 24.3 Å². The minimum absolute atomic E-state index is 0.794. The average Bonchev–Trinajstić information content (AvgIpc) is 1.97. The Kier molecular flexibility index (Phi) is 6.46. The van der Waals surface area contributed by atoms with Crippen molar-refractivity contribution >= 4 is 19.7 Å². The zero-order chi connectivity index (χ0) is 11.2. The molecule has 0 aromatic rings. The molecule has 84 valence electrons. The number of hydrogen-bond donors (Lipinski definition) is 0. The van der Waals surface area contributed by atoms with E-state index in [1.165, 1.54) is 29.3 Å². The van der Waals surface area contributed by atoms with E-state index in [1.54, 1.807) is 0 Å². The second-order valence-electron chi connectivity index (χ2n) is 5.24. The molecule has 0 aliphatic carbocycles. The summed E-state index contributed by atoms with van der Waals surface area (Å²) >= 11 is 5.76. The van der Waals surface area contributed by atoms with Gasteiger partial charge in [0.15, 0.2) is 0 Å². The van der Waals surface area contributed by atoms with Crippen molar-refractivity contribution in [2.24, 2.45) is 0 Å². The first-order valence-corrected chi connectivity index (χ1v) is 9.62. The molecule has 0 rings (SSSR count). The molecule has 0 aliphatic heterocycles. The molecule has 0 saturated heterocycles. The van der Waals surface area contributed by atoms with E-state index >= 15 is 0 Å². The average molecular weight is 232 g/mol. The summed E-state index contributed by atoms with van der Waals surface area (Å²) in [6.07, 6.45) is 1.16. The molecule has 0 aliphatic rings. The molecular weight excluding hydrogens is 208 g/mol. The van der Waals surface area contributed by atoms with Gasteiger partial charge in [-0.3, -0.25) is 0 Å². The molecule has 2 heteroatoms. The Balaban J connectivity index is 4.31. The van der Waals surface area contributed by atoms with Crippen LogP contribution in [0.1, 0.15) is 20.3 Å². The summed E-state index contributed by atoms with van der Waals surface area (Å²) in [4.78, 5) is 0. The van der Waals surface area contributed by atoms with Gasteiger partial charge in [0.05, 0.1) is 0 Å². The summed E-state index contributed by atoms with van der Waals surface area (Å²) in [5.41, 5.74) is 2.65. The van der Waals surface area contributed by atoms with Crippen LogP contribution in [0.3, 0.4) is 0 Å². The van der Waals surface area contributed by atoms with Gasteiger partial charge in [-0.25, -0.2) is 0 Å². The number of allylic oxidation sites excluding steroid dienone is 2. The van der Waals surface area contributed by atoms with Crippen molar-refractivity contribution in [1.82, 2.24) is 0 Å². The fourth-order valence-corrected chi connectivity index (χ4v) is 8.05. The Labute approximate surface area is 95.1 Å². The third kappa shape index (κ3) is 6.44. The predicted molar refractivity (Wildman–Crippen MR) is 72.4 cm³/mol. The molecule has 0 bridgehead atoms. The molecule has 0 fully saturated rings. The second kappa shape index (κ2) is 6.47. The summed E-state index contributed by atoms with van der Waals surface area (Å²) in [6.45, 7) is 14.8. The first-order valence-electron chi connectivity index (χ1n) is 5.48. The maximum absolute atomic E-state index is 5.76. The normalized spacial score (nSPS) is 12.6. The van der Waals surface area contributed by atoms with Gasteiger partial charge in [0.25, 0.3) is 0 Å². The van der Waals surface area contributed by atoms with Crippen LogP contribution in [-0.2, 0) is 0 Å². The zero-order valence-electron chi connectivity index (χ0n) is 9.91. The van der Waals surface area contributed by atoms with Gasteiger partial charge >= 0.3 is 94.8 Å². The summed E-state index contributed by atoms with van der Waals surface area (Å²) in [5, 5.41) is 0. The van der Waals surface area contributed by atoms with Crippen LogP contribution in [-0.4, -0.2) is 14.0 Å². The van der Waals surface area contributed by atoms with E-state index in [2.05, 4.69) is 33.6 Å². The van der Waals surface area contributed by atoms with Crippen molar-refractivity contribution in [3.63, 3.8) is 0 Å². The molecule has 0 aromatic carbocycles. The van der Waals surface area contributed by atoms with Gasteiger partial charge in [0.2, 0.25) is 0 Å². The van der Waals surface area contributed by atoms with Crippen molar-refractivity contribution < 1.29 is 0 Å². The molecule has 0 atom stereocenters. The summed E-state index contributed by atoms with van der Waals surface area (Å²) < 4.78 is 0. The summed E-state index contributed by atoms with van der Waals surface area (Å²) in [6, 6.07) is 3.82. The molecule has 0 heterocycles. The molecule has 14 heavy (non-hydrogen) atoms. The van der Waals surface area contributed by atoms with Gasteiger partial charge < -0.3 is 0 Å². The van der Waals surface area contributed by atoms with E-state index in [9.17, 15) is 0 Å². The number of rotatable bonds is 7. The number of hydrogen-bond acceptors (Lipinski definition) is 0. The SMILES string of the molecule is C=C(C)C[SiH-](C)(CCCCl)CC(=C)C. The fourth-order valence-electron chi connectivity index (χ4n) is 2.53. The molecule has 0 unspecified atom stereocenters. The fraction of sp³-hybridized carbons (Fsp3) is 0.667. The Hall–Kier alpha value is -0.0131. The molecule has 0 N–H and O–H groups in total. The van der Waals surface area contributed by atoms with Crippen molar-refractivity contribution in [3.05, 3.63) is 24.3 Å². The van der Waals surface area contributed by atoms with E-state index in [1.807, 2.05) is 0 Å². The molecule has 0 amide bonds. The first-order chi connectivity index (χ1) is 6.39. The molecule has 0 radical (unpaired) electrons. The number of alkyl halides is 1.